The van der Waals surface area contributed by atoms with E-state index >= 15 is 0 Å². The van der Waals surface area contributed by atoms with Crippen molar-refractivity contribution in [3.63, 3.8) is 0 Å². The van der Waals surface area contributed by atoms with Gasteiger partial charge in [0, 0.05) is 16.1 Å². The first-order valence-corrected chi connectivity index (χ1v) is 22.2. The second-order valence-corrected chi connectivity index (χ2v) is 18.1. The van der Waals surface area contributed by atoms with Crippen molar-refractivity contribution in [2.24, 2.45) is 0 Å². The summed E-state index contributed by atoms with van der Waals surface area (Å²) in [5, 5.41) is 20.3. The van der Waals surface area contributed by atoms with Crippen LogP contribution in [0.4, 0.5) is 0 Å². The minimum atomic E-state index is 0.720. The second-order valence-electron chi connectivity index (χ2n) is 18.1. The summed E-state index contributed by atoms with van der Waals surface area (Å²) in [5.74, 6) is 2.95. The van der Waals surface area contributed by atoms with E-state index in [0.29, 0.717) is 0 Å². The molecule has 0 fully saturated rings. The molecule has 0 spiro atoms. The van der Waals surface area contributed by atoms with Crippen LogP contribution in [0, 0.1) is 12.3 Å². The van der Waals surface area contributed by atoms with Gasteiger partial charge in [0.25, 0.3) is 0 Å². The Bertz CT molecular complexity index is 4130. The van der Waals surface area contributed by atoms with Crippen LogP contribution in [0.1, 0.15) is 5.56 Å². The number of hydrogen-bond acceptors (Lipinski definition) is 1. The highest BCUT2D eigenvalue weighted by Gasteiger charge is 2.21. The molecular formula is C55H39B7O. The number of hydrogen-bond donors (Lipinski definition) is 0. The van der Waals surface area contributed by atoms with Crippen molar-refractivity contribution in [2.75, 3.05) is 0 Å². The maximum Gasteiger partial charge on any atom is 0.155 e. The fourth-order valence-corrected chi connectivity index (χ4v) is 11.4. The zero-order valence-electron chi connectivity index (χ0n) is 36.9. The predicted molar refractivity (Wildman–Crippen MR) is 295 cm³/mol. The lowest BCUT2D eigenvalue weighted by molar-refractivity contribution is 0.577. The van der Waals surface area contributed by atoms with E-state index in [1.165, 1.54) is 136 Å². The molecule has 0 saturated carbocycles. The Labute approximate surface area is 372 Å². The number of rotatable bonds is 4. The first-order valence-electron chi connectivity index (χ1n) is 22.2. The Morgan fingerprint density at radius 3 is 1.59 bits per heavy atom. The summed E-state index contributed by atoms with van der Waals surface area (Å²) in [5.41, 5.74) is 16.4. The minimum absolute atomic E-state index is 0.720. The maximum absolute atomic E-state index is 6.92. The van der Waals surface area contributed by atoms with Gasteiger partial charge in [-0.05, 0) is 127 Å². The lowest BCUT2D eigenvalue weighted by Crippen LogP contribution is -2.49. The lowest BCUT2D eigenvalue weighted by Gasteiger charge is -2.19. The van der Waals surface area contributed by atoms with Gasteiger partial charge in [-0.3, -0.25) is 0 Å². The van der Waals surface area contributed by atoms with Crippen LogP contribution in [-0.2, 0) is 6.42 Å². The molecule has 286 valence electrons. The van der Waals surface area contributed by atoms with Crippen LogP contribution in [0.2, 0.25) is 0 Å². The third-order valence-corrected chi connectivity index (χ3v) is 14.9. The summed E-state index contributed by atoms with van der Waals surface area (Å²) >= 11 is 0. The Kier molecular flexibility index (Phi) is 8.26. The smallest absolute Gasteiger partial charge is 0.155 e. The van der Waals surface area contributed by atoms with E-state index in [0.717, 1.165) is 33.5 Å². The van der Waals surface area contributed by atoms with E-state index in [-0.39, 0.29) is 0 Å². The fourth-order valence-electron chi connectivity index (χ4n) is 11.4. The number of fused-ring (bicyclic) bond motifs is 2. The molecule has 0 bridgehead atoms. The molecule has 12 aromatic rings. The summed E-state index contributed by atoms with van der Waals surface area (Å²) < 4.78 is 6.92. The van der Waals surface area contributed by atoms with Crippen molar-refractivity contribution in [1.29, 1.82) is 0 Å². The zero-order chi connectivity index (χ0) is 43.0. The van der Waals surface area contributed by atoms with Gasteiger partial charge in [0.1, 0.15) is 58.1 Å². The third kappa shape index (κ3) is 5.36. The summed E-state index contributed by atoms with van der Waals surface area (Å²) in [6.07, 6.45) is 6.91. The molecule has 12 rings (SSSR count). The highest BCUT2D eigenvalue weighted by atomic mass is 16.3. The Balaban J connectivity index is 1.15. The average molecular weight is 792 g/mol. The zero-order valence-corrected chi connectivity index (χ0v) is 36.9. The minimum Gasteiger partial charge on any atom is -0.457 e. The van der Waals surface area contributed by atoms with E-state index in [2.05, 4.69) is 186 Å². The SMILES string of the molecule is B/C(Cc1ccc(-c2ccc3ccc4cccc5ccc2c3c45)cc1-c1ccc2ccc3cccc4ccc1c2c34)=c1/c(=C(/B)C#C)oc2c(B)c3c(B)c(B)c(B)c(B)c3cc12. The predicted octanol–water partition coefficient (Wildman–Crippen LogP) is 2.37. The van der Waals surface area contributed by atoms with E-state index in [1.807, 2.05) is 7.85 Å². The molecule has 8 heteroatoms. The van der Waals surface area contributed by atoms with Gasteiger partial charge >= 0.3 is 0 Å². The second kappa shape index (κ2) is 13.8. The van der Waals surface area contributed by atoms with Crippen LogP contribution in [0.3, 0.4) is 0 Å². The molecule has 0 saturated heterocycles. The van der Waals surface area contributed by atoms with E-state index in [4.69, 9.17) is 10.8 Å². The van der Waals surface area contributed by atoms with Crippen molar-refractivity contribution in [2.45, 2.75) is 6.42 Å². The van der Waals surface area contributed by atoms with Gasteiger partial charge in [-0.1, -0.05) is 144 Å². The summed E-state index contributed by atoms with van der Waals surface area (Å²) in [4.78, 5) is 0. The first kappa shape index (κ1) is 37.8. The molecular weight excluding hydrogens is 752 g/mol. The van der Waals surface area contributed by atoms with E-state index in [9.17, 15) is 0 Å². The van der Waals surface area contributed by atoms with E-state index < -0.39 is 0 Å². The van der Waals surface area contributed by atoms with Crippen molar-refractivity contribution < 1.29 is 4.42 Å². The molecule has 0 radical (unpaired) electrons. The number of furan rings is 1. The van der Waals surface area contributed by atoms with Gasteiger partial charge in [-0.2, -0.15) is 0 Å². The van der Waals surface area contributed by atoms with Crippen LogP contribution in [0.15, 0.2) is 138 Å². The van der Waals surface area contributed by atoms with Crippen LogP contribution in [-0.4, -0.2) is 54.9 Å². The number of benzene rings is 11. The van der Waals surface area contributed by atoms with Crippen molar-refractivity contribution in [3.05, 3.63) is 150 Å². The first-order chi connectivity index (χ1) is 30.6. The number of terminal acetylenes is 1. The standard InChI is InChI=1S/C55H39B7O/c1-2-41(56)55-47(40-25-39-48(51(60)54(40)63-55)50(59)53(62)52(61)49(39)58)42(57)24-33-14-13-32(34-19-15-30-11-9-26-5-3-7-28-17-21-36(34)45(30)43(26)28)23-38(33)35-20-16-31-12-10-27-6-4-8-29-18-22-37(35)46(31)44(27)29/h1,3-23,25H,24,56-62H2/b47-42+,55-41-. The van der Waals surface area contributed by atoms with Crippen LogP contribution >= 0.6 is 0 Å². The summed E-state index contributed by atoms with van der Waals surface area (Å²) in [6, 6.07) is 50.5. The normalized spacial score (nSPS) is 13.1. The van der Waals surface area contributed by atoms with Gasteiger partial charge in [0.15, 0.2) is 7.85 Å². The van der Waals surface area contributed by atoms with Gasteiger partial charge in [-0.25, -0.2) is 0 Å². The van der Waals surface area contributed by atoms with Crippen molar-refractivity contribution >= 4 is 180 Å². The van der Waals surface area contributed by atoms with Gasteiger partial charge in [0.05, 0.1) is 0 Å². The molecule has 0 aliphatic heterocycles. The molecule has 0 atom stereocenters. The average Bonchev–Trinajstić information content (AvgIpc) is 3.71. The highest BCUT2D eigenvalue weighted by molar-refractivity contribution is 6.68. The molecule has 0 aliphatic carbocycles. The summed E-state index contributed by atoms with van der Waals surface area (Å²) in [6.45, 7) is 0. The molecule has 0 N–H and O–H groups in total. The molecule has 1 nitrogen and oxygen atoms in total. The maximum atomic E-state index is 6.92. The van der Waals surface area contributed by atoms with Gasteiger partial charge < -0.3 is 4.42 Å². The molecule has 11 aromatic carbocycles. The molecule has 0 amide bonds. The largest absolute Gasteiger partial charge is 0.457 e. The quantitative estimate of drug-likeness (QED) is 0.152. The van der Waals surface area contributed by atoms with Crippen LogP contribution in [0.5, 0.6) is 0 Å². The molecule has 0 unspecified atom stereocenters. The Morgan fingerprint density at radius 2 is 0.984 bits per heavy atom. The molecule has 1 aromatic heterocycles. The monoisotopic (exact) mass is 792 g/mol. The van der Waals surface area contributed by atoms with Crippen molar-refractivity contribution in [3.8, 4) is 34.6 Å². The highest BCUT2D eigenvalue weighted by Crippen LogP contribution is 2.44. The Morgan fingerprint density at radius 1 is 0.460 bits per heavy atom. The molecule has 63 heavy (non-hydrogen) atoms. The summed E-state index contributed by atoms with van der Waals surface area (Å²) in [7, 11) is 15.5. The Hall–Kier alpha value is -6.95. The van der Waals surface area contributed by atoms with Crippen LogP contribution in [0.25, 0.3) is 120 Å². The molecule has 1 heterocycles. The van der Waals surface area contributed by atoms with Gasteiger partial charge in [-0.15, -0.1) is 17.3 Å². The third-order valence-electron chi connectivity index (χ3n) is 14.9. The lowest BCUT2D eigenvalue weighted by atomic mass is 9.63. The van der Waals surface area contributed by atoms with Gasteiger partial charge in [0.2, 0.25) is 0 Å². The van der Waals surface area contributed by atoms with Crippen molar-refractivity contribution in [1.82, 2.24) is 0 Å². The van der Waals surface area contributed by atoms with E-state index in [1.54, 1.807) is 0 Å². The van der Waals surface area contributed by atoms with Crippen LogP contribution < -0.4 is 37.9 Å². The topological polar surface area (TPSA) is 13.1 Å². The fraction of sp³-hybridized carbons (Fsp3) is 0.0182. The molecule has 0 aliphatic rings.